The first kappa shape index (κ1) is 33.2. The SMILES string of the molecule is CC(=O)OC1C(N=[N+]=[N-])CC(N=[N+]=[N-])C(OC2OC(CN=[N+]=[N-])C(OC(C)=O)[C@H](OC(C)=O)C2N=[N+]=[N-])[C@@H]1OC(C)=O. The highest BCUT2D eigenvalue weighted by atomic mass is 16.7. The Morgan fingerprint density at radius 2 is 1.14 bits per heavy atom. The molecular formula is C20H26N12O10. The molecule has 1 saturated heterocycles. The van der Waals surface area contributed by atoms with Gasteiger partial charge in [0.2, 0.25) is 0 Å². The van der Waals surface area contributed by atoms with E-state index in [9.17, 15) is 30.2 Å². The lowest BCUT2D eigenvalue weighted by molar-refractivity contribution is -0.292. The van der Waals surface area contributed by atoms with E-state index in [1.165, 1.54) is 0 Å². The molecule has 22 nitrogen and oxygen atoms in total. The molecule has 42 heavy (non-hydrogen) atoms. The molecular weight excluding hydrogens is 568 g/mol. The molecule has 0 radical (unpaired) electrons. The standard InChI is InChI=1S/C20H26N12O10/c1-7(33)37-15-11(26-30-22)5-12(27-31-23)16(19(15)40-10(4)36)42-20-14(28-32-24)18(39-9(3)35)17(38-8(2)34)13(41-20)6-25-29-21/h11-20H,5-6H2,1-4H3/t11?,12?,13?,14?,15?,16?,17?,18-,19-,20?/m1/s1. The number of carbonyl (C=O) groups is 4. The van der Waals surface area contributed by atoms with Crippen LogP contribution in [0.15, 0.2) is 20.5 Å². The Morgan fingerprint density at radius 1 is 0.667 bits per heavy atom. The molecule has 226 valence electrons. The Labute approximate surface area is 236 Å². The molecule has 0 spiro atoms. The third kappa shape index (κ3) is 8.77. The van der Waals surface area contributed by atoms with Gasteiger partial charge in [-0.25, -0.2) is 0 Å². The maximum absolute atomic E-state index is 12.1. The summed E-state index contributed by atoms with van der Waals surface area (Å²) in [4.78, 5) is 58.7. The van der Waals surface area contributed by atoms with Gasteiger partial charge in [-0.3, -0.25) is 19.2 Å². The summed E-state index contributed by atoms with van der Waals surface area (Å²) in [6.07, 6.45) is -10.8. The van der Waals surface area contributed by atoms with E-state index >= 15 is 0 Å². The fraction of sp³-hybridized carbons (Fsp3) is 0.800. The van der Waals surface area contributed by atoms with Gasteiger partial charge in [0.1, 0.15) is 24.4 Å². The zero-order chi connectivity index (χ0) is 31.4. The molecule has 0 N–H and O–H groups in total. The molecule has 10 atom stereocenters. The Morgan fingerprint density at radius 3 is 1.64 bits per heavy atom. The van der Waals surface area contributed by atoms with Crippen LogP contribution in [-0.2, 0) is 47.6 Å². The molecule has 2 rings (SSSR count). The van der Waals surface area contributed by atoms with Gasteiger partial charge in [0.25, 0.3) is 0 Å². The van der Waals surface area contributed by atoms with E-state index in [1.54, 1.807) is 0 Å². The van der Waals surface area contributed by atoms with E-state index in [0.29, 0.717) is 0 Å². The van der Waals surface area contributed by atoms with Crippen molar-refractivity contribution in [1.29, 1.82) is 0 Å². The maximum atomic E-state index is 12.1. The number of rotatable bonds is 11. The van der Waals surface area contributed by atoms with Gasteiger partial charge in [-0.2, -0.15) is 0 Å². The van der Waals surface area contributed by atoms with E-state index in [-0.39, 0.29) is 6.42 Å². The monoisotopic (exact) mass is 594 g/mol. The summed E-state index contributed by atoms with van der Waals surface area (Å²) in [5, 5.41) is 14.3. The number of azide groups is 4. The van der Waals surface area contributed by atoms with Crippen molar-refractivity contribution in [3.63, 3.8) is 0 Å². The van der Waals surface area contributed by atoms with Crippen LogP contribution in [-0.4, -0.2) is 91.5 Å². The van der Waals surface area contributed by atoms with Crippen LogP contribution in [0.1, 0.15) is 34.1 Å². The molecule has 8 unspecified atom stereocenters. The summed E-state index contributed by atoms with van der Waals surface area (Å²) in [6.45, 7) is 3.67. The van der Waals surface area contributed by atoms with Gasteiger partial charge in [-0.05, 0) is 28.5 Å². The van der Waals surface area contributed by atoms with E-state index in [2.05, 4.69) is 40.1 Å². The van der Waals surface area contributed by atoms with Gasteiger partial charge < -0.3 is 28.4 Å². The Kier molecular flexibility index (Phi) is 12.5. The van der Waals surface area contributed by atoms with Crippen molar-refractivity contribution >= 4 is 23.9 Å². The molecule has 0 aromatic rings. The van der Waals surface area contributed by atoms with Crippen molar-refractivity contribution in [3.05, 3.63) is 41.8 Å². The first-order valence-corrected chi connectivity index (χ1v) is 12.1. The second kappa shape index (κ2) is 15.7. The summed E-state index contributed by atoms with van der Waals surface area (Å²) in [7, 11) is 0. The Balaban J connectivity index is 2.69. The van der Waals surface area contributed by atoms with Crippen LogP contribution in [0, 0.1) is 0 Å². The number of ether oxygens (including phenoxy) is 6. The third-order valence-electron chi connectivity index (χ3n) is 5.91. The molecule has 1 saturated carbocycles. The number of hydrogen-bond donors (Lipinski definition) is 0. The topological polar surface area (TPSA) is 319 Å². The van der Waals surface area contributed by atoms with Gasteiger partial charge in [0, 0.05) is 47.3 Å². The van der Waals surface area contributed by atoms with Crippen molar-refractivity contribution < 1.29 is 47.6 Å². The average Bonchev–Trinajstić information content (AvgIpc) is 2.89. The van der Waals surface area contributed by atoms with Crippen LogP contribution >= 0.6 is 0 Å². The molecule has 1 aliphatic heterocycles. The van der Waals surface area contributed by atoms with Crippen molar-refractivity contribution in [2.24, 2.45) is 20.5 Å². The van der Waals surface area contributed by atoms with Crippen molar-refractivity contribution in [1.82, 2.24) is 0 Å². The third-order valence-corrected chi connectivity index (χ3v) is 5.91. The molecule has 0 amide bonds. The predicted octanol–water partition coefficient (Wildman–Crippen LogP) is 2.57. The molecule has 0 aromatic carbocycles. The Bertz CT molecular complexity index is 1240. The van der Waals surface area contributed by atoms with Crippen molar-refractivity contribution in [3.8, 4) is 0 Å². The van der Waals surface area contributed by atoms with Crippen molar-refractivity contribution in [2.45, 2.75) is 95.2 Å². The quantitative estimate of drug-likeness (QED) is 0.110. The summed E-state index contributed by atoms with van der Waals surface area (Å²) in [5.41, 5.74) is 36.5. The van der Waals surface area contributed by atoms with E-state index < -0.39 is 91.5 Å². The van der Waals surface area contributed by atoms with E-state index in [1.807, 2.05) is 0 Å². The fourth-order valence-electron chi connectivity index (χ4n) is 4.60. The van der Waals surface area contributed by atoms with Crippen LogP contribution in [0.3, 0.4) is 0 Å². The lowest BCUT2D eigenvalue weighted by Crippen LogP contribution is -2.64. The summed E-state index contributed by atoms with van der Waals surface area (Å²) < 4.78 is 33.2. The number of hydrogen-bond acceptors (Lipinski definition) is 14. The Hall–Kier alpha value is -4.96. The smallest absolute Gasteiger partial charge is 0.303 e. The van der Waals surface area contributed by atoms with Gasteiger partial charge in [0.15, 0.2) is 24.6 Å². The normalized spacial score (nSPS) is 31.7. The number of esters is 4. The lowest BCUT2D eigenvalue weighted by Gasteiger charge is -2.47. The zero-order valence-electron chi connectivity index (χ0n) is 22.6. The fourth-order valence-corrected chi connectivity index (χ4v) is 4.60. The minimum absolute atomic E-state index is 0.265. The largest absolute Gasteiger partial charge is 0.458 e. The van der Waals surface area contributed by atoms with E-state index in [0.717, 1.165) is 27.7 Å². The molecule has 0 bridgehead atoms. The highest BCUT2D eigenvalue weighted by molar-refractivity contribution is 5.68. The maximum Gasteiger partial charge on any atom is 0.303 e. The van der Waals surface area contributed by atoms with Crippen LogP contribution in [0.2, 0.25) is 0 Å². The first-order chi connectivity index (χ1) is 20.0. The summed E-state index contributed by atoms with van der Waals surface area (Å²) in [5.74, 6) is -3.46. The van der Waals surface area contributed by atoms with Gasteiger partial charge in [-0.15, -0.1) is 0 Å². The average molecular weight is 595 g/mol. The molecule has 0 aromatic heterocycles. The molecule has 2 aliphatic rings. The number of carbonyl (C=O) groups excluding carboxylic acids is 4. The first-order valence-electron chi connectivity index (χ1n) is 12.1. The minimum atomic E-state index is -1.72. The van der Waals surface area contributed by atoms with Gasteiger partial charge in [0.05, 0.1) is 18.6 Å². The van der Waals surface area contributed by atoms with E-state index in [4.69, 9.17) is 39.5 Å². The number of nitrogens with zero attached hydrogens (tertiary/aromatic N) is 12. The summed E-state index contributed by atoms with van der Waals surface area (Å²) >= 11 is 0. The highest BCUT2D eigenvalue weighted by Gasteiger charge is 2.54. The van der Waals surface area contributed by atoms with Crippen molar-refractivity contribution in [2.75, 3.05) is 6.54 Å². The van der Waals surface area contributed by atoms with Crippen LogP contribution in [0.4, 0.5) is 0 Å². The predicted molar refractivity (Wildman–Crippen MR) is 133 cm³/mol. The highest BCUT2D eigenvalue weighted by Crippen LogP contribution is 2.36. The molecule has 2 fully saturated rings. The zero-order valence-corrected chi connectivity index (χ0v) is 22.6. The molecule has 22 heteroatoms. The second-order valence-corrected chi connectivity index (χ2v) is 8.83. The second-order valence-electron chi connectivity index (χ2n) is 8.83. The minimum Gasteiger partial charge on any atom is -0.458 e. The molecule has 1 heterocycles. The van der Waals surface area contributed by atoms with Crippen LogP contribution < -0.4 is 0 Å². The van der Waals surface area contributed by atoms with Gasteiger partial charge in [-0.1, -0.05) is 20.5 Å². The van der Waals surface area contributed by atoms with Crippen LogP contribution in [0.25, 0.3) is 41.8 Å². The molecule has 1 aliphatic carbocycles. The summed E-state index contributed by atoms with van der Waals surface area (Å²) in [6, 6.07) is -4.03. The van der Waals surface area contributed by atoms with Gasteiger partial charge >= 0.3 is 23.9 Å². The van der Waals surface area contributed by atoms with Crippen LogP contribution in [0.5, 0.6) is 0 Å². The lowest BCUT2D eigenvalue weighted by atomic mass is 9.84.